The molecular weight excluding hydrogens is 266 g/mol. The summed E-state index contributed by atoms with van der Waals surface area (Å²) in [6.45, 7) is 6.01. The average Bonchev–Trinajstić information content (AvgIpc) is 3.01. The second-order valence-corrected chi connectivity index (χ2v) is 5.54. The van der Waals surface area contributed by atoms with Gasteiger partial charge in [0.1, 0.15) is 5.56 Å². The number of pyridine rings is 1. The number of aryl methyl sites for hydroxylation is 3. The second kappa shape index (κ2) is 4.98. The minimum Gasteiger partial charge on any atom is -0.478 e. The third-order valence-corrected chi connectivity index (χ3v) is 4.26. The van der Waals surface area contributed by atoms with Crippen LogP contribution in [0.3, 0.4) is 0 Å². The molecule has 0 unspecified atom stereocenters. The van der Waals surface area contributed by atoms with E-state index in [2.05, 4.69) is 17.0 Å². The fourth-order valence-corrected chi connectivity index (χ4v) is 3.17. The number of aromatic nitrogens is 3. The van der Waals surface area contributed by atoms with Crippen LogP contribution >= 0.6 is 0 Å². The molecule has 0 saturated carbocycles. The van der Waals surface area contributed by atoms with Crippen molar-refractivity contribution in [3.63, 3.8) is 0 Å². The van der Waals surface area contributed by atoms with Crippen LogP contribution in [0.2, 0.25) is 0 Å². The van der Waals surface area contributed by atoms with Crippen molar-refractivity contribution < 1.29 is 9.90 Å². The van der Waals surface area contributed by atoms with Crippen LogP contribution in [0.5, 0.6) is 0 Å². The Morgan fingerprint density at radius 1 is 1.38 bits per heavy atom. The van der Waals surface area contributed by atoms with Gasteiger partial charge in [-0.1, -0.05) is 6.92 Å². The van der Waals surface area contributed by atoms with Gasteiger partial charge in [0.05, 0.1) is 5.69 Å². The normalized spacial score (nSPS) is 13.5. The summed E-state index contributed by atoms with van der Waals surface area (Å²) in [4.78, 5) is 16.2. The fraction of sp³-hybridized carbons (Fsp3) is 0.438. The molecule has 1 aliphatic carbocycles. The molecule has 0 atom stereocenters. The van der Waals surface area contributed by atoms with Gasteiger partial charge in [-0.25, -0.2) is 14.5 Å². The van der Waals surface area contributed by atoms with Crippen molar-refractivity contribution in [2.24, 2.45) is 0 Å². The summed E-state index contributed by atoms with van der Waals surface area (Å²) in [6.07, 6.45) is 3.76. The molecule has 0 fully saturated rings. The van der Waals surface area contributed by atoms with Crippen LogP contribution in [-0.4, -0.2) is 25.8 Å². The fourth-order valence-electron chi connectivity index (χ4n) is 3.17. The number of rotatable bonds is 3. The van der Waals surface area contributed by atoms with Crippen LogP contribution in [0.4, 0.5) is 0 Å². The van der Waals surface area contributed by atoms with E-state index in [9.17, 15) is 9.90 Å². The number of aromatic carboxylic acids is 1. The predicted octanol–water partition coefficient (Wildman–Crippen LogP) is 2.63. The van der Waals surface area contributed by atoms with Crippen molar-refractivity contribution in [1.82, 2.24) is 14.8 Å². The van der Waals surface area contributed by atoms with Gasteiger partial charge in [0.15, 0.2) is 5.82 Å². The largest absolute Gasteiger partial charge is 0.478 e. The van der Waals surface area contributed by atoms with E-state index in [1.165, 1.54) is 0 Å². The standard InChI is InChI=1S/C16H19N3O2/c1-4-12-9(2)18-19(10(12)3)15-13(16(20)21)8-11-6-5-7-14(11)17-15/h8H,4-7H2,1-3H3,(H,20,21). The zero-order valence-electron chi connectivity index (χ0n) is 12.6. The zero-order chi connectivity index (χ0) is 15.1. The van der Waals surface area contributed by atoms with E-state index in [1.54, 1.807) is 10.7 Å². The topological polar surface area (TPSA) is 68.0 Å². The van der Waals surface area contributed by atoms with Crippen molar-refractivity contribution in [1.29, 1.82) is 0 Å². The third kappa shape index (κ3) is 2.13. The van der Waals surface area contributed by atoms with Crippen LogP contribution < -0.4 is 0 Å². The lowest BCUT2D eigenvalue weighted by molar-refractivity contribution is 0.0696. The van der Waals surface area contributed by atoms with Gasteiger partial charge in [0.25, 0.3) is 0 Å². The SMILES string of the molecule is CCc1c(C)nn(-c2nc3c(cc2C(=O)O)CCC3)c1C. The second-order valence-electron chi connectivity index (χ2n) is 5.54. The third-order valence-electron chi connectivity index (χ3n) is 4.26. The first-order valence-corrected chi connectivity index (χ1v) is 7.34. The van der Waals surface area contributed by atoms with Crippen molar-refractivity contribution in [2.45, 2.75) is 46.5 Å². The molecule has 0 aromatic carbocycles. The Morgan fingerprint density at radius 3 is 2.76 bits per heavy atom. The molecule has 5 heteroatoms. The van der Waals surface area contributed by atoms with Crippen LogP contribution in [0.25, 0.3) is 5.82 Å². The molecule has 0 spiro atoms. The highest BCUT2D eigenvalue weighted by Gasteiger charge is 2.23. The summed E-state index contributed by atoms with van der Waals surface area (Å²) in [5.41, 5.74) is 5.39. The molecule has 5 nitrogen and oxygen atoms in total. The van der Waals surface area contributed by atoms with E-state index in [4.69, 9.17) is 0 Å². The Labute approximate surface area is 123 Å². The first kappa shape index (κ1) is 13.8. The molecular formula is C16H19N3O2. The van der Waals surface area contributed by atoms with E-state index in [-0.39, 0.29) is 5.56 Å². The molecule has 0 saturated heterocycles. The molecule has 110 valence electrons. The number of hydrogen-bond acceptors (Lipinski definition) is 3. The molecule has 2 heterocycles. The monoisotopic (exact) mass is 285 g/mol. The van der Waals surface area contributed by atoms with E-state index in [0.29, 0.717) is 5.82 Å². The first-order valence-electron chi connectivity index (χ1n) is 7.34. The number of carbonyl (C=O) groups is 1. The molecule has 0 radical (unpaired) electrons. The molecule has 21 heavy (non-hydrogen) atoms. The van der Waals surface area contributed by atoms with Gasteiger partial charge >= 0.3 is 5.97 Å². The van der Waals surface area contributed by atoms with Crippen molar-refractivity contribution in [3.05, 3.63) is 39.8 Å². The highest BCUT2D eigenvalue weighted by Crippen LogP contribution is 2.26. The number of hydrogen-bond donors (Lipinski definition) is 1. The maximum absolute atomic E-state index is 11.6. The van der Waals surface area contributed by atoms with Crippen LogP contribution in [0.1, 0.15) is 51.9 Å². The van der Waals surface area contributed by atoms with Crippen molar-refractivity contribution in [3.8, 4) is 5.82 Å². The van der Waals surface area contributed by atoms with Crippen molar-refractivity contribution >= 4 is 5.97 Å². The average molecular weight is 285 g/mol. The number of fused-ring (bicyclic) bond motifs is 1. The summed E-state index contributed by atoms with van der Waals surface area (Å²) in [5, 5.41) is 14.0. The summed E-state index contributed by atoms with van der Waals surface area (Å²) in [6, 6.07) is 1.77. The highest BCUT2D eigenvalue weighted by molar-refractivity contribution is 5.91. The maximum atomic E-state index is 11.6. The minimum absolute atomic E-state index is 0.240. The Hall–Kier alpha value is -2.17. The van der Waals surface area contributed by atoms with Gasteiger partial charge in [-0.15, -0.1) is 0 Å². The smallest absolute Gasteiger partial charge is 0.339 e. The Morgan fingerprint density at radius 2 is 2.14 bits per heavy atom. The van der Waals surface area contributed by atoms with E-state index in [1.807, 2.05) is 13.8 Å². The Kier molecular flexibility index (Phi) is 3.27. The molecule has 0 aliphatic heterocycles. The lowest BCUT2D eigenvalue weighted by atomic mass is 10.1. The summed E-state index contributed by atoms with van der Waals surface area (Å²) < 4.78 is 1.69. The van der Waals surface area contributed by atoms with Gasteiger partial charge in [-0.2, -0.15) is 5.10 Å². The molecule has 2 aromatic rings. The van der Waals surface area contributed by atoms with Crippen molar-refractivity contribution in [2.75, 3.05) is 0 Å². The lowest BCUT2D eigenvalue weighted by Gasteiger charge is -2.10. The summed E-state index contributed by atoms with van der Waals surface area (Å²) in [5.74, 6) is -0.499. The van der Waals surface area contributed by atoms with Crippen LogP contribution in [0, 0.1) is 13.8 Å². The van der Waals surface area contributed by atoms with E-state index >= 15 is 0 Å². The predicted molar refractivity (Wildman–Crippen MR) is 79.2 cm³/mol. The number of carboxylic acid groups (broad SMARTS) is 1. The van der Waals surface area contributed by atoms with Gasteiger partial charge in [-0.3, -0.25) is 0 Å². The molecule has 0 amide bonds. The van der Waals surface area contributed by atoms with Crippen LogP contribution in [-0.2, 0) is 19.3 Å². The van der Waals surface area contributed by atoms with Gasteiger partial charge in [-0.05, 0) is 56.7 Å². The van der Waals surface area contributed by atoms with Gasteiger partial charge in [0.2, 0.25) is 0 Å². The number of nitrogens with zero attached hydrogens (tertiary/aromatic N) is 3. The zero-order valence-corrected chi connectivity index (χ0v) is 12.6. The Balaban J connectivity index is 2.24. The summed E-state index contributed by atoms with van der Waals surface area (Å²) in [7, 11) is 0. The lowest BCUT2D eigenvalue weighted by Crippen LogP contribution is -2.12. The van der Waals surface area contributed by atoms with E-state index < -0.39 is 5.97 Å². The minimum atomic E-state index is -0.946. The molecule has 1 N–H and O–H groups in total. The summed E-state index contributed by atoms with van der Waals surface area (Å²) >= 11 is 0. The van der Waals surface area contributed by atoms with Gasteiger partial charge < -0.3 is 5.11 Å². The van der Waals surface area contributed by atoms with Gasteiger partial charge in [0, 0.05) is 11.4 Å². The molecule has 0 bridgehead atoms. The highest BCUT2D eigenvalue weighted by atomic mass is 16.4. The first-order chi connectivity index (χ1) is 10.0. The Bertz CT molecular complexity index is 732. The van der Waals surface area contributed by atoms with Crippen LogP contribution in [0.15, 0.2) is 6.07 Å². The van der Waals surface area contributed by atoms with E-state index in [0.717, 1.165) is 53.9 Å². The molecule has 3 rings (SSSR count). The quantitative estimate of drug-likeness (QED) is 0.941. The number of carboxylic acids is 1. The maximum Gasteiger partial charge on any atom is 0.339 e. The molecule has 2 aromatic heterocycles. The molecule has 1 aliphatic rings.